The van der Waals surface area contributed by atoms with Crippen molar-refractivity contribution in [2.75, 3.05) is 13.6 Å². The van der Waals surface area contributed by atoms with E-state index in [1.165, 1.54) is 50.7 Å². The molecule has 1 saturated carbocycles. The number of benzene rings is 1. The molecule has 0 saturated heterocycles. The molecule has 2 nitrogen and oxygen atoms in total. The van der Waals surface area contributed by atoms with Crippen LogP contribution in [0, 0.1) is 5.82 Å². The van der Waals surface area contributed by atoms with Crippen molar-refractivity contribution in [1.82, 2.24) is 4.90 Å². The maximum absolute atomic E-state index is 13.2. The number of halogens is 2. The van der Waals surface area contributed by atoms with E-state index in [1.54, 1.807) is 0 Å². The molecule has 0 radical (unpaired) electrons. The quantitative estimate of drug-likeness (QED) is 0.829. The average Bonchev–Trinajstić information content (AvgIpc) is 2.70. The molecule has 1 unspecified atom stereocenters. The standard InChI is InChI=1S/C16H24BrFN2/c1-20(13-6-4-2-3-5-7-13)16(11-19)14-9-8-12(18)10-15(14)17/h8-10,13,16H,2-7,11,19H2,1H3. The summed E-state index contributed by atoms with van der Waals surface area (Å²) in [6.45, 7) is 0.553. The molecule has 4 heteroatoms. The third-order valence-electron chi connectivity index (χ3n) is 4.44. The van der Waals surface area contributed by atoms with Crippen LogP contribution in [0.2, 0.25) is 0 Å². The zero-order valence-corrected chi connectivity index (χ0v) is 13.7. The Hall–Kier alpha value is -0.450. The molecule has 112 valence electrons. The van der Waals surface area contributed by atoms with Gasteiger partial charge in [-0.3, -0.25) is 4.90 Å². The summed E-state index contributed by atoms with van der Waals surface area (Å²) in [5.41, 5.74) is 7.09. The van der Waals surface area contributed by atoms with Crippen molar-refractivity contribution in [2.24, 2.45) is 5.73 Å². The van der Waals surface area contributed by atoms with E-state index in [4.69, 9.17) is 5.73 Å². The molecule has 0 heterocycles. The molecule has 0 bridgehead atoms. The molecule has 1 fully saturated rings. The van der Waals surface area contributed by atoms with E-state index >= 15 is 0 Å². The summed E-state index contributed by atoms with van der Waals surface area (Å²) >= 11 is 3.47. The lowest BCUT2D eigenvalue weighted by Gasteiger charge is -2.35. The molecule has 1 aromatic carbocycles. The van der Waals surface area contributed by atoms with E-state index < -0.39 is 0 Å². The first-order valence-electron chi connectivity index (χ1n) is 7.50. The van der Waals surface area contributed by atoms with Gasteiger partial charge in [-0.25, -0.2) is 4.39 Å². The third kappa shape index (κ3) is 3.80. The number of nitrogens with zero attached hydrogens (tertiary/aromatic N) is 1. The molecule has 0 amide bonds. The molecule has 1 aromatic rings. The van der Waals surface area contributed by atoms with Gasteiger partial charge in [-0.15, -0.1) is 0 Å². The van der Waals surface area contributed by atoms with Crippen molar-refractivity contribution in [3.8, 4) is 0 Å². The minimum absolute atomic E-state index is 0.146. The van der Waals surface area contributed by atoms with Gasteiger partial charge in [-0.05, 0) is 37.6 Å². The van der Waals surface area contributed by atoms with Gasteiger partial charge in [0.25, 0.3) is 0 Å². The van der Waals surface area contributed by atoms with E-state index in [9.17, 15) is 4.39 Å². The summed E-state index contributed by atoms with van der Waals surface area (Å²) in [7, 11) is 2.16. The Morgan fingerprint density at radius 1 is 1.30 bits per heavy atom. The van der Waals surface area contributed by atoms with Gasteiger partial charge >= 0.3 is 0 Å². The Morgan fingerprint density at radius 2 is 1.95 bits per heavy atom. The predicted octanol–water partition coefficient (Wildman–Crippen LogP) is 4.24. The van der Waals surface area contributed by atoms with Gasteiger partial charge in [-0.1, -0.05) is 47.7 Å². The fourth-order valence-electron chi connectivity index (χ4n) is 3.20. The van der Waals surface area contributed by atoms with Gasteiger partial charge in [-0.2, -0.15) is 0 Å². The minimum Gasteiger partial charge on any atom is -0.329 e. The fourth-order valence-corrected chi connectivity index (χ4v) is 3.82. The maximum atomic E-state index is 13.2. The van der Waals surface area contributed by atoms with Crippen LogP contribution in [0.1, 0.15) is 50.1 Å². The Kier molecular flexibility index (Phi) is 6.00. The lowest BCUT2D eigenvalue weighted by Crippen LogP contribution is -2.38. The van der Waals surface area contributed by atoms with Gasteiger partial charge in [0.05, 0.1) is 0 Å². The molecule has 2 N–H and O–H groups in total. The molecule has 2 rings (SSSR count). The average molecular weight is 343 g/mol. The van der Waals surface area contributed by atoms with Crippen molar-refractivity contribution < 1.29 is 4.39 Å². The highest BCUT2D eigenvalue weighted by molar-refractivity contribution is 9.10. The van der Waals surface area contributed by atoms with Gasteiger partial charge < -0.3 is 5.73 Å². The second-order valence-electron chi connectivity index (χ2n) is 5.73. The smallest absolute Gasteiger partial charge is 0.124 e. The SMILES string of the molecule is CN(C1CCCCCC1)C(CN)c1ccc(F)cc1Br. The van der Waals surface area contributed by atoms with E-state index in [1.807, 2.05) is 6.07 Å². The summed E-state index contributed by atoms with van der Waals surface area (Å²) in [6, 6.07) is 5.63. The van der Waals surface area contributed by atoms with Crippen LogP contribution < -0.4 is 5.73 Å². The topological polar surface area (TPSA) is 29.3 Å². The van der Waals surface area contributed by atoms with Crippen LogP contribution in [0.25, 0.3) is 0 Å². The first kappa shape index (κ1) is 15.9. The third-order valence-corrected chi connectivity index (χ3v) is 5.12. The van der Waals surface area contributed by atoms with Crippen LogP contribution in [0.3, 0.4) is 0 Å². The monoisotopic (exact) mass is 342 g/mol. The fraction of sp³-hybridized carbons (Fsp3) is 0.625. The first-order valence-corrected chi connectivity index (χ1v) is 8.29. The zero-order valence-electron chi connectivity index (χ0n) is 12.1. The molecule has 0 spiro atoms. The van der Waals surface area contributed by atoms with Crippen molar-refractivity contribution in [2.45, 2.75) is 50.6 Å². The van der Waals surface area contributed by atoms with Gasteiger partial charge in [0, 0.05) is 23.1 Å². The van der Waals surface area contributed by atoms with Crippen molar-refractivity contribution in [1.29, 1.82) is 0 Å². The van der Waals surface area contributed by atoms with Crippen LogP contribution in [0.5, 0.6) is 0 Å². The van der Waals surface area contributed by atoms with Crippen LogP contribution in [-0.4, -0.2) is 24.5 Å². The zero-order chi connectivity index (χ0) is 14.5. The largest absolute Gasteiger partial charge is 0.329 e. The van der Waals surface area contributed by atoms with E-state index in [0.29, 0.717) is 12.6 Å². The Balaban J connectivity index is 2.17. The van der Waals surface area contributed by atoms with Gasteiger partial charge in [0.15, 0.2) is 0 Å². The second kappa shape index (κ2) is 7.53. The second-order valence-corrected chi connectivity index (χ2v) is 6.58. The molecule has 0 aromatic heterocycles. The Bertz CT molecular complexity index is 430. The predicted molar refractivity (Wildman–Crippen MR) is 85.1 cm³/mol. The first-order chi connectivity index (χ1) is 9.63. The van der Waals surface area contributed by atoms with Crippen LogP contribution in [0.15, 0.2) is 22.7 Å². The molecule has 1 aliphatic rings. The molecule has 1 atom stereocenters. The molecule has 1 aliphatic carbocycles. The minimum atomic E-state index is -0.214. The number of hydrogen-bond donors (Lipinski definition) is 1. The Morgan fingerprint density at radius 3 is 2.50 bits per heavy atom. The lowest BCUT2D eigenvalue weighted by molar-refractivity contribution is 0.161. The highest BCUT2D eigenvalue weighted by atomic mass is 79.9. The molecular weight excluding hydrogens is 319 g/mol. The maximum Gasteiger partial charge on any atom is 0.124 e. The molecule has 0 aliphatic heterocycles. The summed E-state index contributed by atoms with van der Waals surface area (Å²) in [5, 5.41) is 0. The summed E-state index contributed by atoms with van der Waals surface area (Å²) in [5.74, 6) is -0.214. The highest BCUT2D eigenvalue weighted by Gasteiger charge is 2.25. The van der Waals surface area contributed by atoms with Crippen LogP contribution in [0.4, 0.5) is 4.39 Å². The summed E-state index contributed by atoms with van der Waals surface area (Å²) < 4.78 is 14.1. The van der Waals surface area contributed by atoms with Crippen molar-refractivity contribution in [3.63, 3.8) is 0 Å². The van der Waals surface area contributed by atoms with E-state index in [2.05, 4.69) is 27.9 Å². The van der Waals surface area contributed by atoms with Gasteiger partial charge in [0.1, 0.15) is 5.82 Å². The number of rotatable bonds is 4. The normalized spacial score (nSPS) is 19.1. The van der Waals surface area contributed by atoms with Crippen LogP contribution in [-0.2, 0) is 0 Å². The lowest BCUT2D eigenvalue weighted by atomic mass is 10.0. The highest BCUT2D eigenvalue weighted by Crippen LogP contribution is 2.31. The Labute approximate surface area is 129 Å². The summed E-state index contributed by atoms with van der Waals surface area (Å²) in [4.78, 5) is 2.39. The van der Waals surface area contributed by atoms with E-state index in [0.717, 1.165) is 10.0 Å². The van der Waals surface area contributed by atoms with Gasteiger partial charge in [0.2, 0.25) is 0 Å². The van der Waals surface area contributed by atoms with E-state index in [-0.39, 0.29) is 11.9 Å². The molecule has 20 heavy (non-hydrogen) atoms. The summed E-state index contributed by atoms with van der Waals surface area (Å²) in [6.07, 6.45) is 7.78. The van der Waals surface area contributed by atoms with Crippen molar-refractivity contribution >= 4 is 15.9 Å². The number of hydrogen-bond acceptors (Lipinski definition) is 2. The van der Waals surface area contributed by atoms with Crippen molar-refractivity contribution in [3.05, 3.63) is 34.1 Å². The number of likely N-dealkylation sites (N-methyl/N-ethyl adjacent to an activating group) is 1. The number of nitrogens with two attached hydrogens (primary N) is 1. The molecular formula is C16H24BrFN2. The van der Waals surface area contributed by atoms with Crippen LogP contribution >= 0.6 is 15.9 Å².